The standard InChI is InChI=1S/C9H10ClNO/c1-2-9(11-12)7-4-3-5-8(10)6-7/h3-6,12H,2H2,1H3. The van der Waals surface area contributed by atoms with Gasteiger partial charge in [0, 0.05) is 10.6 Å². The zero-order valence-electron chi connectivity index (χ0n) is 6.79. The summed E-state index contributed by atoms with van der Waals surface area (Å²) >= 11 is 5.77. The van der Waals surface area contributed by atoms with E-state index in [4.69, 9.17) is 16.8 Å². The number of benzene rings is 1. The lowest BCUT2D eigenvalue weighted by Crippen LogP contribution is -1.97. The molecule has 0 aliphatic rings. The van der Waals surface area contributed by atoms with Crippen LogP contribution >= 0.6 is 11.6 Å². The van der Waals surface area contributed by atoms with Crippen LogP contribution in [0.1, 0.15) is 18.9 Å². The van der Waals surface area contributed by atoms with Gasteiger partial charge in [0.25, 0.3) is 0 Å². The molecule has 0 saturated carbocycles. The van der Waals surface area contributed by atoms with Crippen molar-refractivity contribution in [2.24, 2.45) is 5.16 Å². The van der Waals surface area contributed by atoms with Gasteiger partial charge in [-0.1, -0.05) is 35.8 Å². The Kier molecular flexibility index (Phi) is 3.11. The summed E-state index contributed by atoms with van der Waals surface area (Å²) in [5.41, 5.74) is 1.52. The second-order valence-corrected chi connectivity index (χ2v) is 2.85. The predicted molar refractivity (Wildman–Crippen MR) is 50.1 cm³/mol. The van der Waals surface area contributed by atoms with Crippen molar-refractivity contribution in [1.82, 2.24) is 0 Å². The van der Waals surface area contributed by atoms with E-state index in [2.05, 4.69) is 5.16 Å². The molecule has 0 amide bonds. The largest absolute Gasteiger partial charge is 0.411 e. The molecule has 0 spiro atoms. The number of rotatable bonds is 2. The van der Waals surface area contributed by atoms with Crippen molar-refractivity contribution in [2.75, 3.05) is 0 Å². The first-order valence-corrected chi connectivity index (χ1v) is 4.12. The van der Waals surface area contributed by atoms with E-state index in [0.717, 1.165) is 5.56 Å². The number of hydrogen-bond acceptors (Lipinski definition) is 2. The fraction of sp³-hybridized carbons (Fsp3) is 0.222. The van der Waals surface area contributed by atoms with Crippen LogP contribution in [0.25, 0.3) is 0 Å². The molecule has 0 saturated heterocycles. The fourth-order valence-corrected chi connectivity index (χ4v) is 1.19. The summed E-state index contributed by atoms with van der Waals surface area (Å²) < 4.78 is 0. The molecule has 1 aromatic carbocycles. The molecule has 1 rings (SSSR count). The van der Waals surface area contributed by atoms with Gasteiger partial charge in [0.05, 0.1) is 5.71 Å². The van der Waals surface area contributed by atoms with Crippen molar-refractivity contribution in [3.05, 3.63) is 34.9 Å². The van der Waals surface area contributed by atoms with Crippen LogP contribution in [0.3, 0.4) is 0 Å². The zero-order valence-corrected chi connectivity index (χ0v) is 7.54. The average molecular weight is 184 g/mol. The summed E-state index contributed by atoms with van der Waals surface area (Å²) in [4.78, 5) is 0. The minimum atomic E-state index is 0.650. The number of hydrogen-bond donors (Lipinski definition) is 1. The normalized spacial score (nSPS) is 11.7. The first-order valence-electron chi connectivity index (χ1n) is 3.74. The van der Waals surface area contributed by atoms with Crippen LogP contribution in [0.4, 0.5) is 0 Å². The number of nitrogens with zero attached hydrogens (tertiary/aromatic N) is 1. The Bertz CT molecular complexity index is 296. The molecule has 0 atom stereocenters. The Morgan fingerprint density at radius 3 is 2.83 bits per heavy atom. The highest BCUT2D eigenvalue weighted by molar-refractivity contribution is 6.31. The SMILES string of the molecule is CCC(=NO)c1cccc(Cl)c1. The summed E-state index contributed by atoms with van der Waals surface area (Å²) in [5, 5.41) is 12.4. The van der Waals surface area contributed by atoms with Gasteiger partial charge in [0.2, 0.25) is 0 Å². The van der Waals surface area contributed by atoms with Crippen molar-refractivity contribution in [3.63, 3.8) is 0 Å². The quantitative estimate of drug-likeness (QED) is 0.427. The first kappa shape index (κ1) is 9.07. The highest BCUT2D eigenvalue weighted by Gasteiger charge is 2.00. The maximum atomic E-state index is 8.62. The van der Waals surface area contributed by atoms with E-state index in [-0.39, 0.29) is 0 Å². The van der Waals surface area contributed by atoms with Crippen molar-refractivity contribution in [1.29, 1.82) is 0 Å². The van der Waals surface area contributed by atoms with E-state index in [1.165, 1.54) is 0 Å². The Hall–Kier alpha value is -1.02. The second-order valence-electron chi connectivity index (χ2n) is 2.41. The van der Waals surface area contributed by atoms with Gasteiger partial charge in [0.1, 0.15) is 0 Å². The van der Waals surface area contributed by atoms with E-state index >= 15 is 0 Å². The summed E-state index contributed by atoms with van der Waals surface area (Å²) in [7, 11) is 0. The van der Waals surface area contributed by atoms with Crippen molar-refractivity contribution in [2.45, 2.75) is 13.3 Å². The molecule has 0 heterocycles. The fourth-order valence-electron chi connectivity index (χ4n) is 1.00. The van der Waals surface area contributed by atoms with Crippen LogP contribution < -0.4 is 0 Å². The van der Waals surface area contributed by atoms with Gasteiger partial charge in [-0.25, -0.2) is 0 Å². The lowest BCUT2D eigenvalue weighted by Gasteiger charge is -2.00. The Morgan fingerprint density at radius 1 is 1.58 bits per heavy atom. The molecule has 12 heavy (non-hydrogen) atoms. The molecule has 1 aromatic rings. The molecule has 1 N–H and O–H groups in total. The molecule has 64 valence electrons. The Morgan fingerprint density at radius 2 is 2.33 bits per heavy atom. The van der Waals surface area contributed by atoms with Gasteiger partial charge in [0.15, 0.2) is 0 Å². The molecular weight excluding hydrogens is 174 g/mol. The van der Waals surface area contributed by atoms with Gasteiger partial charge in [-0.3, -0.25) is 0 Å². The average Bonchev–Trinajstić information content (AvgIpc) is 2.07. The summed E-state index contributed by atoms with van der Waals surface area (Å²) in [6.07, 6.45) is 0.691. The van der Waals surface area contributed by atoms with E-state index in [1.807, 2.05) is 19.1 Å². The molecule has 0 unspecified atom stereocenters. The monoisotopic (exact) mass is 183 g/mol. The van der Waals surface area contributed by atoms with E-state index < -0.39 is 0 Å². The van der Waals surface area contributed by atoms with Crippen LogP contribution in [0.15, 0.2) is 29.4 Å². The van der Waals surface area contributed by atoms with Crippen LogP contribution in [0, 0.1) is 0 Å². The lowest BCUT2D eigenvalue weighted by molar-refractivity contribution is 0.318. The van der Waals surface area contributed by atoms with Gasteiger partial charge in [-0.15, -0.1) is 0 Å². The highest BCUT2D eigenvalue weighted by Crippen LogP contribution is 2.12. The van der Waals surface area contributed by atoms with Gasteiger partial charge in [-0.05, 0) is 18.6 Å². The smallest absolute Gasteiger partial charge is 0.0865 e. The summed E-state index contributed by atoms with van der Waals surface area (Å²) in [5.74, 6) is 0. The van der Waals surface area contributed by atoms with Crippen LogP contribution in [-0.2, 0) is 0 Å². The topological polar surface area (TPSA) is 32.6 Å². The van der Waals surface area contributed by atoms with Crippen LogP contribution in [0.2, 0.25) is 5.02 Å². The molecule has 0 aliphatic heterocycles. The highest BCUT2D eigenvalue weighted by atomic mass is 35.5. The predicted octanol–water partition coefficient (Wildman–Crippen LogP) is 2.93. The maximum absolute atomic E-state index is 8.62. The number of oxime groups is 1. The molecular formula is C9H10ClNO. The Balaban J connectivity index is 3.02. The first-order chi connectivity index (χ1) is 5.77. The second kappa shape index (κ2) is 4.12. The van der Waals surface area contributed by atoms with Crippen LogP contribution in [0.5, 0.6) is 0 Å². The van der Waals surface area contributed by atoms with E-state index in [9.17, 15) is 0 Å². The van der Waals surface area contributed by atoms with E-state index in [0.29, 0.717) is 17.2 Å². The molecule has 0 aliphatic carbocycles. The summed E-state index contributed by atoms with van der Waals surface area (Å²) in [6, 6.07) is 7.26. The summed E-state index contributed by atoms with van der Waals surface area (Å²) in [6.45, 7) is 1.93. The Labute approximate surface area is 76.5 Å². The van der Waals surface area contributed by atoms with Gasteiger partial charge < -0.3 is 5.21 Å². The minimum Gasteiger partial charge on any atom is -0.411 e. The molecule has 3 heteroatoms. The third-order valence-electron chi connectivity index (χ3n) is 1.61. The molecule has 0 aromatic heterocycles. The number of halogens is 1. The van der Waals surface area contributed by atoms with Gasteiger partial charge >= 0.3 is 0 Å². The van der Waals surface area contributed by atoms with Crippen LogP contribution in [-0.4, -0.2) is 10.9 Å². The maximum Gasteiger partial charge on any atom is 0.0865 e. The molecule has 2 nitrogen and oxygen atoms in total. The van der Waals surface area contributed by atoms with Gasteiger partial charge in [-0.2, -0.15) is 0 Å². The molecule has 0 bridgehead atoms. The van der Waals surface area contributed by atoms with Crippen molar-refractivity contribution in [3.8, 4) is 0 Å². The molecule has 0 fully saturated rings. The van der Waals surface area contributed by atoms with Crippen molar-refractivity contribution < 1.29 is 5.21 Å². The molecule has 0 radical (unpaired) electrons. The zero-order chi connectivity index (χ0) is 8.97. The lowest BCUT2D eigenvalue weighted by atomic mass is 10.1. The van der Waals surface area contributed by atoms with Crippen molar-refractivity contribution >= 4 is 17.3 Å². The minimum absolute atomic E-state index is 0.650. The van der Waals surface area contributed by atoms with E-state index in [1.54, 1.807) is 12.1 Å². The third kappa shape index (κ3) is 1.98. The third-order valence-corrected chi connectivity index (χ3v) is 1.85.